The van der Waals surface area contributed by atoms with Crippen LogP contribution in [0.25, 0.3) is 0 Å². The van der Waals surface area contributed by atoms with Gasteiger partial charge in [-0.3, -0.25) is 0 Å². The van der Waals surface area contributed by atoms with Gasteiger partial charge in [-0.1, -0.05) is 15.9 Å². The number of aromatic nitrogens is 1. The van der Waals surface area contributed by atoms with E-state index < -0.39 is 23.9 Å². The molecular weight excluding hydrogens is 317 g/mol. The molecule has 2 atom stereocenters. The first-order chi connectivity index (χ1) is 8.27. The van der Waals surface area contributed by atoms with Gasteiger partial charge in [0.15, 0.2) is 0 Å². The Morgan fingerprint density at radius 3 is 2.50 bits per heavy atom. The molecule has 0 aliphatic carbocycles. The zero-order chi connectivity index (χ0) is 13.9. The molecule has 8 heteroatoms. The molecule has 0 saturated heterocycles. The Bertz CT molecular complexity index is 415. The highest BCUT2D eigenvalue weighted by atomic mass is 79.9. The van der Waals surface area contributed by atoms with Crippen LogP contribution in [0.15, 0.2) is 12.3 Å². The third-order valence-corrected chi connectivity index (χ3v) is 2.82. The molecule has 0 aliphatic rings. The maximum absolute atomic E-state index is 12.5. The SMILES string of the molecule is Nc1ncc(C(F)(F)F)cc1C(O)C(O)CCBr. The van der Waals surface area contributed by atoms with E-state index in [1.54, 1.807) is 0 Å². The van der Waals surface area contributed by atoms with Crippen LogP contribution in [0.3, 0.4) is 0 Å². The number of halogens is 4. The monoisotopic (exact) mass is 328 g/mol. The number of hydrogen-bond acceptors (Lipinski definition) is 4. The lowest BCUT2D eigenvalue weighted by molar-refractivity contribution is -0.138. The molecule has 0 saturated carbocycles. The summed E-state index contributed by atoms with van der Waals surface area (Å²) in [6.45, 7) is 0. The minimum atomic E-state index is -4.57. The zero-order valence-electron chi connectivity index (χ0n) is 9.15. The molecule has 0 aliphatic heterocycles. The molecule has 1 aromatic heterocycles. The van der Waals surface area contributed by atoms with E-state index in [9.17, 15) is 23.4 Å². The highest BCUT2D eigenvalue weighted by Crippen LogP contribution is 2.32. The number of aliphatic hydroxyl groups excluding tert-OH is 2. The van der Waals surface area contributed by atoms with Crippen molar-refractivity contribution in [1.82, 2.24) is 4.98 Å². The smallest absolute Gasteiger partial charge is 0.390 e. The number of nitrogens with zero attached hydrogens (tertiary/aromatic N) is 1. The normalized spacial score (nSPS) is 15.4. The summed E-state index contributed by atoms with van der Waals surface area (Å²) in [6.07, 6.45) is -6.52. The third kappa shape index (κ3) is 3.56. The Morgan fingerprint density at radius 2 is 2.00 bits per heavy atom. The fourth-order valence-corrected chi connectivity index (χ4v) is 1.83. The second-order valence-electron chi connectivity index (χ2n) is 3.69. The van der Waals surface area contributed by atoms with Gasteiger partial charge >= 0.3 is 6.18 Å². The molecule has 18 heavy (non-hydrogen) atoms. The maximum Gasteiger partial charge on any atom is 0.417 e. The third-order valence-electron chi connectivity index (χ3n) is 2.36. The summed E-state index contributed by atoms with van der Waals surface area (Å²) >= 11 is 3.06. The summed E-state index contributed by atoms with van der Waals surface area (Å²) in [7, 11) is 0. The molecule has 0 spiro atoms. The van der Waals surface area contributed by atoms with Crippen molar-refractivity contribution in [2.24, 2.45) is 0 Å². The quantitative estimate of drug-likeness (QED) is 0.737. The summed E-state index contributed by atoms with van der Waals surface area (Å²) in [5.74, 6) is -0.232. The van der Waals surface area contributed by atoms with Gasteiger partial charge in [-0.2, -0.15) is 13.2 Å². The van der Waals surface area contributed by atoms with Crippen molar-refractivity contribution in [3.05, 3.63) is 23.4 Å². The Labute approximate surface area is 110 Å². The van der Waals surface area contributed by atoms with E-state index in [-0.39, 0.29) is 17.8 Å². The van der Waals surface area contributed by atoms with Gasteiger partial charge in [0.2, 0.25) is 0 Å². The number of nitrogens with two attached hydrogens (primary N) is 1. The second-order valence-corrected chi connectivity index (χ2v) is 4.48. The predicted octanol–water partition coefficient (Wildman–Crippen LogP) is 1.86. The van der Waals surface area contributed by atoms with Gasteiger partial charge in [0.1, 0.15) is 11.9 Å². The van der Waals surface area contributed by atoms with Gasteiger partial charge < -0.3 is 15.9 Å². The van der Waals surface area contributed by atoms with E-state index in [1.807, 2.05) is 0 Å². The highest BCUT2D eigenvalue weighted by molar-refractivity contribution is 9.09. The number of rotatable bonds is 4. The van der Waals surface area contributed by atoms with Crippen LogP contribution in [0.1, 0.15) is 23.7 Å². The fraction of sp³-hybridized carbons (Fsp3) is 0.500. The van der Waals surface area contributed by atoms with E-state index >= 15 is 0 Å². The van der Waals surface area contributed by atoms with Crippen LogP contribution >= 0.6 is 15.9 Å². The van der Waals surface area contributed by atoms with Crippen LogP contribution in [0.4, 0.5) is 19.0 Å². The molecular formula is C10H12BrF3N2O2. The van der Waals surface area contributed by atoms with Crippen molar-refractivity contribution in [2.45, 2.75) is 24.8 Å². The standard InChI is InChI=1S/C10H12BrF3N2O2/c11-2-1-7(17)8(18)6-3-5(10(12,13)14)4-16-9(6)15/h3-4,7-8,17-18H,1-2H2,(H2,15,16). The van der Waals surface area contributed by atoms with Gasteiger partial charge in [-0.05, 0) is 12.5 Å². The Kier molecular flexibility index (Phi) is 4.94. The molecule has 1 rings (SSSR count). The molecule has 1 heterocycles. The molecule has 0 fully saturated rings. The Hall–Kier alpha value is -0.860. The van der Waals surface area contributed by atoms with E-state index in [0.717, 1.165) is 0 Å². The van der Waals surface area contributed by atoms with Gasteiger partial charge in [-0.15, -0.1) is 0 Å². The second kappa shape index (κ2) is 5.85. The summed E-state index contributed by atoms with van der Waals surface area (Å²) in [6, 6.07) is 0.699. The predicted molar refractivity (Wildman–Crippen MR) is 63.0 cm³/mol. The summed E-state index contributed by atoms with van der Waals surface area (Å²) in [5, 5.41) is 19.7. The molecule has 4 N–H and O–H groups in total. The largest absolute Gasteiger partial charge is 0.417 e. The van der Waals surface area contributed by atoms with Crippen LogP contribution in [-0.2, 0) is 6.18 Å². The van der Waals surface area contributed by atoms with Crippen molar-refractivity contribution < 1.29 is 23.4 Å². The number of aliphatic hydroxyl groups is 2. The summed E-state index contributed by atoms with van der Waals surface area (Å²) < 4.78 is 37.4. The molecule has 0 radical (unpaired) electrons. The van der Waals surface area contributed by atoms with Gasteiger partial charge in [0.05, 0.1) is 11.7 Å². The van der Waals surface area contributed by atoms with Crippen molar-refractivity contribution in [3.8, 4) is 0 Å². The number of anilines is 1. The number of pyridine rings is 1. The molecule has 102 valence electrons. The Morgan fingerprint density at radius 1 is 1.39 bits per heavy atom. The van der Waals surface area contributed by atoms with Gasteiger partial charge in [0, 0.05) is 17.1 Å². The van der Waals surface area contributed by atoms with E-state index in [4.69, 9.17) is 5.73 Å². The minimum Gasteiger partial charge on any atom is -0.390 e. The fourth-order valence-electron chi connectivity index (χ4n) is 1.36. The first kappa shape index (κ1) is 15.2. The van der Waals surface area contributed by atoms with Crippen molar-refractivity contribution >= 4 is 21.7 Å². The molecule has 4 nitrogen and oxygen atoms in total. The van der Waals surface area contributed by atoms with Gasteiger partial charge in [-0.25, -0.2) is 4.98 Å². The van der Waals surface area contributed by atoms with Gasteiger partial charge in [0.25, 0.3) is 0 Å². The van der Waals surface area contributed by atoms with E-state index in [0.29, 0.717) is 17.6 Å². The van der Waals surface area contributed by atoms with Crippen LogP contribution in [0.5, 0.6) is 0 Å². The average Bonchev–Trinajstić information content (AvgIpc) is 2.27. The van der Waals surface area contributed by atoms with Crippen LogP contribution < -0.4 is 5.73 Å². The van der Waals surface area contributed by atoms with Crippen molar-refractivity contribution in [2.75, 3.05) is 11.1 Å². The molecule has 0 aromatic carbocycles. The topological polar surface area (TPSA) is 79.4 Å². The Balaban J connectivity index is 3.08. The first-order valence-corrected chi connectivity index (χ1v) is 6.14. The summed E-state index contributed by atoms with van der Waals surface area (Å²) in [5.41, 5.74) is 4.17. The lowest BCUT2D eigenvalue weighted by Gasteiger charge is -2.19. The summed E-state index contributed by atoms with van der Waals surface area (Å²) in [4.78, 5) is 3.38. The van der Waals surface area contributed by atoms with Crippen molar-refractivity contribution in [1.29, 1.82) is 0 Å². The lowest BCUT2D eigenvalue weighted by atomic mass is 10.0. The van der Waals surface area contributed by atoms with Crippen LogP contribution in [0, 0.1) is 0 Å². The minimum absolute atomic E-state index is 0.177. The van der Waals surface area contributed by atoms with E-state index in [2.05, 4.69) is 20.9 Å². The average molecular weight is 329 g/mol. The molecule has 0 bridgehead atoms. The maximum atomic E-state index is 12.5. The molecule has 0 amide bonds. The van der Waals surface area contributed by atoms with Crippen LogP contribution in [0.2, 0.25) is 0 Å². The number of nitrogen functional groups attached to an aromatic ring is 1. The molecule has 2 unspecified atom stereocenters. The first-order valence-electron chi connectivity index (χ1n) is 5.02. The zero-order valence-corrected chi connectivity index (χ0v) is 10.7. The lowest BCUT2D eigenvalue weighted by Crippen LogP contribution is -2.21. The molecule has 1 aromatic rings. The van der Waals surface area contributed by atoms with E-state index in [1.165, 1.54) is 0 Å². The number of alkyl halides is 4. The van der Waals surface area contributed by atoms with Crippen molar-refractivity contribution in [3.63, 3.8) is 0 Å². The number of hydrogen-bond donors (Lipinski definition) is 3. The highest BCUT2D eigenvalue weighted by Gasteiger charge is 2.33. The van der Waals surface area contributed by atoms with Crippen LogP contribution in [-0.4, -0.2) is 26.6 Å².